The molecule has 29 heavy (non-hydrogen) atoms. The summed E-state index contributed by atoms with van der Waals surface area (Å²) in [4.78, 5) is 23.6. The number of aromatic nitrogens is 2. The minimum absolute atomic E-state index is 0.141. The van der Waals surface area contributed by atoms with E-state index in [-0.39, 0.29) is 19.1 Å². The first-order valence-electron chi connectivity index (χ1n) is 8.83. The average molecular weight is 394 g/mol. The summed E-state index contributed by atoms with van der Waals surface area (Å²) in [5.74, 6) is 0.849. The number of carbonyl (C=O) groups is 2. The zero-order valence-electron chi connectivity index (χ0n) is 15.2. The fourth-order valence-corrected chi connectivity index (χ4v) is 2.98. The Morgan fingerprint density at radius 1 is 1.17 bits per heavy atom. The van der Waals surface area contributed by atoms with Gasteiger partial charge in [0.25, 0.3) is 5.91 Å². The number of ether oxygens (including phenoxy) is 2. The van der Waals surface area contributed by atoms with Crippen molar-refractivity contribution in [2.24, 2.45) is 5.73 Å². The van der Waals surface area contributed by atoms with Crippen LogP contribution in [-0.2, 0) is 6.42 Å². The summed E-state index contributed by atoms with van der Waals surface area (Å²) in [6.45, 7) is 0.141. The molecule has 1 aliphatic heterocycles. The van der Waals surface area contributed by atoms with E-state index in [0.717, 1.165) is 10.2 Å². The summed E-state index contributed by atoms with van der Waals surface area (Å²) in [5, 5.41) is 17.1. The topological polar surface area (TPSA) is 129 Å². The van der Waals surface area contributed by atoms with Crippen molar-refractivity contribution in [3.05, 3.63) is 71.5 Å². The lowest BCUT2D eigenvalue weighted by Crippen LogP contribution is -2.20. The third-order valence-corrected chi connectivity index (χ3v) is 4.43. The molecule has 1 aromatic heterocycles. The highest BCUT2D eigenvalue weighted by atomic mass is 16.7. The van der Waals surface area contributed by atoms with E-state index in [1.54, 1.807) is 36.4 Å². The zero-order valence-corrected chi connectivity index (χ0v) is 15.2. The van der Waals surface area contributed by atoms with Crippen molar-refractivity contribution in [1.29, 1.82) is 0 Å². The quantitative estimate of drug-likeness (QED) is 0.608. The molecule has 9 nitrogen and oxygen atoms in total. The lowest BCUT2D eigenvalue weighted by molar-refractivity contribution is 0.102. The second-order valence-corrected chi connectivity index (χ2v) is 6.47. The van der Waals surface area contributed by atoms with Crippen molar-refractivity contribution < 1.29 is 24.2 Å². The highest BCUT2D eigenvalue weighted by molar-refractivity contribution is 6.04. The van der Waals surface area contributed by atoms with E-state index in [4.69, 9.17) is 15.2 Å². The van der Waals surface area contributed by atoms with Crippen LogP contribution in [0.5, 0.6) is 11.5 Å². The van der Waals surface area contributed by atoms with Gasteiger partial charge in [-0.3, -0.25) is 4.79 Å². The first-order valence-corrected chi connectivity index (χ1v) is 8.83. The van der Waals surface area contributed by atoms with Gasteiger partial charge < -0.3 is 25.6 Å². The van der Waals surface area contributed by atoms with Gasteiger partial charge in [0, 0.05) is 23.9 Å². The van der Waals surface area contributed by atoms with Gasteiger partial charge in [0.05, 0.1) is 5.69 Å². The number of nitrogens with one attached hydrogen (secondary N) is 1. The molecule has 0 bridgehead atoms. The van der Waals surface area contributed by atoms with Gasteiger partial charge >= 0.3 is 6.03 Å². The number of fused-ring (bicyclic) bond motifs is 1. The number of aliphatic hydroxyl groups excluding tert-OH is 1. The van der Waals surface area contributed by atoms with E-state index in [0.29, 0.717) is 28.4 Å². The van der Waals surface area contributed by atoms with E-state index in [1.165, 1.54) is 12.3 Å². The number of anilines is 1. The number of amides is 2. The van der Waals surface area contributed by atoms with E-state index in [1.807, 2.05) is 6.07 Å². The van der Waals surface area contributed by atoms with Crippen LogP contribution in [-0.4, -0.2) is 33.6 Å². The van der Waals surface area contributed by atoms with Crippen molar-refractivity contribution >= 4 is 17.6 Å². The van der Waals surface area contributed by atoms with E-state index in [9.17, 15) is 14.7 Å². The van der Waals surface area contributed by atoms with Gasteiger partial charge in [0.1, 0.15) is 6.10 Å². The molecule has 0 spiro atoms. The van der Waals surface area contributed by atoms with Crippen LogP contribution in [0.4, 0.5) is 10.5 Å². The van der Waals surface area contributed by atoms with Crippen LogP contribution < -0.4 is 20.5 Å². The molecule has 9 heteroatoms. The third-order valence-electron chi connectivity index (χ3n) is 4.43. The molecular weight excluding hydrogens is 376 g/mol. The van der Waals surface area contributed by atoms with Crippen LogP contribution in [0.3, 0.4) is 0 Å². The fourth-order valence-electron chi connectivity index (χ4n) is 2.98. The van der Waals surface area contributed by atoms with Gasteiger partial charge in [-0.15, -0.1) is 0 Å². The van der Waals surface area contributed by atoms with Crippen molar-refractivity contribution in [1.82, 2.24) is 9.78 Å². The number of carbonyl (C=O) groups excluding carboxylic acids is 2. The Morgan fingerprint density at radius 3 is 2.79 bits per heavy atom. The second kappa shape index (κ2) is 7.64. The summed E-state index contributed by atoms with van der Waals surface area (Å²) in [7, 11) is 0. The summed E-state index contributed by atoms with van der Waals surface area (Å²) >= 11 is 0. The number of hydrogen-bond donors (Lipinski definition) is 3. The van der Waals surface area contributed by atoms with Crippen LogP contribution >= 0.6 is 0 Å². The van der Waals surface area contributed by atoms with Crippen LogP contribution in [0.15, 0.2) is 54.7 Å². The van der Waals surface area contributed by atoms with E-state index in [2.05, 4.69) is 10.4 Å². The van der Waals surface area contributed by atoms with E-state index < -0.39 is 12.1 Å². The van der Waals surface area contributed by atoms with Crippen LogP contribution in [0, 0.1) is 0 Å². The van der Waals surface area contributed by atoms with E-state index >= 15 is 0 Å². The van der Waals surface area contributed by atoms with Crippen LogP contribution in [0.25, 0.3) is 0 Å². The molecule has 1 aliphatic rings. The maximum Gasteiger partial charge on any atom is 0.339 e. The molecule has 0 aliphatic carbocycles. The Balaban J connectivity index is 1.44. The predicted octanol–water partition coefficient (Wildman–Crippen LogP) is 2.07. The highest BCUT2D eigenvalue weighted by Crippen LogP contribution is 2.32. The smallest absolute Gasteiger partial charge is 0.339 e. The van der Waals surface area contributed by atoms with Crippen molar-refractivity contribution in [2.75, 3.05) is 12.1 Å². The summed E-state index contributed by atoms with van der Waals surface area (Å²) in [6, 6.07) is 12.9. The molecule has 2 heterocycles. The maximum atomic E-state index is 12.5. The van der Waals surface area contributed by atoms with Crippen molar-refractivity contribution in [3.8, 4) is 11.5 Å². The second-order valence-electron chi connectivity index (χ2n) is 6.47. The predicted molar refractivity (Wildman–Crippen MR) is 103 cm³/mol. The molecule has 2 amide bonds. The normalized spacial score (nSPS) is 13.1. The van der Waals surface area contributed by atoms with Gasteiger partial charge in [-0.1, -0.05) is 12.1 Å². The Morgan fingerprint density at radius 2 is 2.00 bits per heavy atom. The SMILES string of the molecule is NC(=O)n1ccc(C(O)Cc2cccc(NC(=O)c3ccc4c(c3)OCO4)c2)n1. The van der Waals surface area contributed by atoms with Gasteiger partial charge in [-0.2, -0.15) is 9.78 Å². The van der Waals surface area contributed by atoms with Crippen LogP contribution in [0.2, 0.25) is 0 Å². The minimum Gasteiger partial charge on any atom is -0.454 e. The number of rotatable bonds is 5. The first kappa shape index (κ1) is 18.5. The van der Waals surface area contributed by atoms with Gasteiger partial charge in [0.15, 0.2) is 11.5 Å². The monoisotopic (exact) mass is 394 g/mol. The largest absolute Gasteiger partial charge is 0.454 e. The lowest BCUT2D eigenvalue weighted by Gasteiger charge is -2.11. The number of primary amides is 1. The molecule has 4 N–H and O–H groups in total. The molecule has 1 atom stereocenters. The molecule has 2 aromatic carbocycles. The summed E-state index contributed by atoms with van der Waals surface area (Å²) < 4.78 is 11.5. The molecule has 0 fully saturated rings. The highest BCUT2D eigenvalue weighted by Gasteiger charge is 2.17. The van der Waals surface area contributed by atoms with Gasteiger partial charge in [-0.25, -0.2) is 4.79 Å². The first-order chi connectivity index (χ1) is 14.0. The molecule has 4 rings (SSSR count). The summed E-state index contributed by atoms with van der Waals surface area (Å²) in [6.07, 6.45) is 0.724. The molecule has 0 saturated carbocycles. The Labute approximate surface area is 165 Å². The maximum absolute atomic E-state index is 12.5. The number of nitrogens with zero attached hydrogens (tertiary/aromatic N) is 2. The minimum atomic E-state index is -0.921. The third kappa shape index (κ3) is 4.04. The Kier molecular flexibility index (Phi) is 4.88. The lowest BCUT2D eigenvalue weighted by atomic mass is 10.0. The number of nitrogens with two attached hydrogens (primary N) is 1. The molecule has 0 saturated heterocycles. The fraction of sp³-hybridized carbons (Fsp3) is 0.150. The van der Waals surface area contributed by atoms with Gasteiger partial charge in [0.2, 0.25) is 6.79 Å². The van der Waals surface area contributed by atoms with Crippen molar-refractivity contribution in [3.63, 3.8) is 0 Å². The molecule has 1 unspecified atom stereocenters. The average Bonchev–Trinajstić information content (AvgIpc) is 3.37. The number of aliphatic hydroxyl groups is 1. The number of benzene rings is 2. The number of hydrogen-bond acceptors (Lipinski definition) is 6. The Hall–Kier alpha value is -3.85. The molecule has 148 valence electrons. The molecular formula is C20H18N4O5. The summed E-state index contributed by atoms with van der Waals surface area (Å²) in [5.41, 5.74) is 7.29. The van der Waals surface area contributed by atoms with Gasteiger partial charge in [-0.05, 0) is 42.0 Å². The molecule has 0 radical (unpaired) electrons. The van der Waals surface area contributed by atoms with Crippen molar-refractivity contribution in [2.45, 2.75) is 12.5 Å². The zero-order chi connectivity index (χ0) is 20.4. The standard InChI is InChI=1S/C20H18N4O5/c21-20(27)24-7-6-15(23-24)16(25)9-12-2-1-3-14(8-12)22-19(26)13-4-5-17-18(10-13)29-11-28-17/h1-8,10,16,25H,9,11H2,(H2,21,27)(H,22,26). The Bertz CT molecular complexity index is 1080. The van der Waals surface area contributed by atoms with Crippen LogP contribution in [0.1, 0.15) is 27.7 Å². The molecule has 3 aromatic rings.